The Balaban J connectivity index is 1.91. The first-order valence-electron chi connectivity index (χ1n) is 9.57. The summed E-state index contributed by atoms with van der Waals surface area (Å²) in [7, 11) is 0. The molecule has 3 rings (SSSR count). The average Bonchev–Trinajstić information content (AvgIpc) is 2.70. The molecular formula is C23H24N4OS. The number of thioether (sulfide) groups is 1. The zero-order valence-electron chi connectivity index (χ0n) is 17.3. The minimum atomic E-state index is -0.358. The molecule has 0 aliphatic rings. The fourth-order valence-electron chi connectivity index (χ4n) is 3.21. The predicted molar refractivity (Wildman–Crippen MR) is 118 cm³/mol. The van der Waals surface area contributed by atoms with E-state index < -0.39 is 0 Å². The number of carbonyl (C=O) groups is 1. The van der Waals surface area contributed by atoms with Crippen LogP contribution in [0.5, 0.6) is 0 Å². The summed E-state index contributed by atoms with van der Waals surface area (Å²) in [6.07, 6.45) is 0.622. The second kappa shape index (κ2) is 8.62. The maximum absolute atomic E-state index is 13.1. The van der Waals surface area contributed by atoms with Crippen LogP contribution in [-0.4, -0.2) is 21.1 Å². The molecule has 1 amide bonds. The third kappa shape index (κ3) is 4.25. The van der Waals surface area contributed by atoms with Crippen molar-refractivity contribution in [1.29, 1.82) is 5.26 Å². The molecule has 2 heterocycles. The summed E-state index contributed by atoms with van der Waals surface area (Å²) in [5, 5.41) is 13.8. The highest BCUT2D eigenvalue weighted by atomic mass is 32.2. The van der Waals surface area contributed by atoms with Crippen molar-refractivity contribution in [2.45, 2.75) is 51.3 Å². The number of para-hydroxylation sites is 1. The van der Waals surface area contributed by atoms with Crippen molar-refractivity contribution in [1.82, 2.24) is 9.97 Å². The lowest BCUT2D eigenvalue weighted by molar-refractivity contribution is -0.115. The molecular weight excluding hydrogens is 380 g/mol. The number of nitriles is 1. The van der Waals surface area contributed by atoms with Gasteiger partial charge in [0.15, 0.2) is 0 Å². The smallest absolute Gasteiger partial charge is 0.237 e. The first-order chi connectivity index (χ1) is 13.8. The van der Waals surface area contributed by atoms with Crippen LogP contribution in [0.25, 0.3) is 10.9 Å². The highest BCUT2D eigenvalue weighted by Crippen LogP contribution is 2.32. The Kier molecular flexibility index (Phi) is 6.19. The number of anilines is 1. The Morgan fingerprint density at radius 2 is 1.90 bits per heavy atom. The number of nitrogens with zero attached hydrogens (tertiary/aromatic N) is 3. The topological polar surface area (TPSA) is 78.7 Å². The Hall–Kier alpha value is -2.91. The number of pyridine rings is 2. The van der Waals surface area contributed by atoms with Gasteiger partial charge in [-0.05, 0) is 57.4 Å². The number of carbonyl (C=O) groups excluding carboxylic acids is 1. The van der Waals surface area contributed by atoms with Gasteiger partial charge in [0.1, 0.15) is 11.1 Å². The van der Waals surface area contributed by atoms with Crippen LogP contribution in [0.15, 0.2) is 35.4 Å². The molecule has 0 bridgehead atoms. The van der Waals surface area contributed by atoms with Crippen molar-refractivity contribution in [2.75, 3.05) is 5.32 Å². The first-order valence-corrected chi connectivity index (χ1v) is 10.5. The van der Waals surface area contributed by atoms with Gasteiger partial charge in [-0.3, -0.25) is 9.78 Å². The van der Waals surface area contributed by atoms with Gasteiger partial charge in [-0.1, -0.05) is 36.9 Å². The lowest BCUT2D eigenvalue weighted by atomic mass is 10.1. The molecule has 1 atom stereocenters. The lowest BCUT2D eigenvalue weighted by Crippen LogP contribution is -2.25. The van der Waals surface area contributed by atoms with Crippen molar-refractivity contribution < 1.29 is 4.79 Å². The third-order valence-electron chi connectivity index (χ3n) is 5.09. The third-order valence-corrected chi connectivity index (χ3v) is 6.44. The number of hydrogen-bond acceptors (Lipinski definition) is 5. The Bertz CT molecular complexity index is 1130. The van der Waals surface area contributed by atoms with Crippen LogP contribution in [0.2, 0.25) is 0 Å². The molecule has 0 aliphatic carbocycles. The van der Waals surface area contributed by atoms with E-state index in [1.165, 1.54) is 11.8 Å². The highest BCUT2D eigenvalue weighted by molar-refractivity contribution is 8.00. The van der Waals surface area contributed by atoms with E-state index in [1.807, 2.05) is 65.0 Å². The maximum Gasteiger partial charge on any atom is 0.237 e. The van der Waals surface area contributed by atoms with Gasteiger partial charge in [-0.15, -0.1) is 0 Å². The summed E-state index contributed by atoms with van der Waals surface area (Å²) >= 11 is 1.35. The molecule has 0 saturated heterocycles. The molecule has 1 N–H and O–H groups in total. The van der Waals surface area contributed by atoms with Crippen LogP contribution in [0, 0.1) is 39.0 Å². The van der Waals surface area contributed by atoms with Crippen LogP contribution in [0.3, 0.4) is 0 Å². The SMILES string of the molecule is CCC(Sc1nc(C)c(C)c(C)c1C#N)C(=O)Nc1cc(C)nc2ccccc12. The predicted octanol–water partition coefficient (Wildman–Crippen LogP) is 5.24. The minimum absolute atomic E-state index is 0.102. The molecule has 0 saturated carbocycles. The van der Waals surface area contributed by atoms with Gasteiger partial charge in [0, 0.05) is 16.8 Å². The highest BCUT2D eigenvalue weighted by Gasteiger charge is 2.23. The molecule has 0 radical (unpaired) electrons. The van der Waals surface area contributed by atoms with E-state index in [2.05, 4.69) is 21.4 Å². The fraction of sp³-hybridized carbons (Fsp3) is 0.304. The van der Waals surface area contributed by atoms with Crippen LogP contribution in [0.1, 0.15) is 41.4 Å². The van der Waals surface area contributed by atoms with Crippen molar-refractivity contribution in [3.05, 3.63) is 58.4 Å². The molecule has 0 aliphatic heterocycles. The first kappa shape index (κ1) is 20.8. The van der Waals surface area contributed by atoms with Crippen molar-refractivity contribution in [3.8, 4) is 6.07 Å². The van der Waals surface area contributed by atoms with Crippen molar-refractivity contribution in [3.63, 3.8) is 0 Å². The number of aryl methyl sites for hydroxylation is 2. The summed E-state index contributed by atoms with van der Waals surface area (Å²) in [5.41, 5.74) is 5.82. The number of fused-ring (bicyclic) bond motifs is 1. The van der Waals surface area contributed by atoms with Crippen LogP contribution >= 0.6 is 11.8 Å². The second-order valence-electron chi connectivity index (χ2n) is 7.07. The molecule has 2 aromatic heterocycles. The Labute approximate surface area is 175 Å². The second-order valence-corrected chi connectivity index (χ2v) is 8.26. The average molecular weight is 405 g/mol. The van der Waals surface area contributed by atoms with Crippen molar-refractivity contribution in [2.24, 2.45) is 0 Å². The number of nitrogens with one attached hydrogen (secondary N) is 1. The van der Waals surface area contributed by atoms with Gasteiger partial charge >= 0.3 is 0 Å². The molecule has 5 nitrogen and oxygen atoms in total. The Morgan fingerprint density at radius 3 is 2.59 bits per heavy atom. The van der Waals surface area contributed by atoms with E-state index in [0.29, 0.717) is 17.0 Å². The molecule has 0 spiro atoms. The summed E-state index contributed by atoms with van der Waals surface area (Å²) in [5.74, 6) is -0.102. The van der Waals surface area contributed by atoms with Gasteiger partial charge in [-0.2, -0.15) is 5.26 Å². The van der Waals surface area contributed by atoms with Crippen LogP contribution in [0.4, 0.5) is 5.69 Å². The van der Waals surface area contributed by atoms with E-state index >= 15 is 0 Å². The monoisotopic (exact) mass is 404 g/mol. The van der Waals surface area contributed by atoms with Gasteiger partial charge in [0.25, 0.3) is 0 Å². The van der Waals surface area contributed by atoms with E-state index in [4.69, 9.17) is 0 Å². The van der Waals surface area contributed by atoms with Gasteiger partial charge in [0.2, 0.25) is 5.91 Å². The standard InChI is InChI=1S/C23H24N4OS/c1-6-21(29-23-18(12-24)15(4)14(3)16(5)26-23)22(28)27-20-11-13(2)25-19-10-8-7-9-17(19)20/h7-11,21H,6H2,1-5H3,(H,25,27,28). The van der Waals surface area contributed by atoms with E-state index in [1.54, 1.807) is 0 Å². The van der Waals surface area contributed by atoms with E-state index in [9.17, 15) is 10.1 Å². The van der Waals surface area contributed by atoms with Crippen LogP contribution in [-0.2, 0) is 4.79 Å². The quantitative estimate of drug-likeness (QED) is 0.588. The van der Waals surface area contributed by atoms with Crippen molar-refractivity contribution >= 4 is 34.3 Å². The summed E-state index contributed by atoms with van der Waals surface area (Å²) in [6, 6.07) is 11.9. The van der Waals surface area contributed by atoms with Gasteiger partial charge in [-0.25, -0.2) is 4.98 Å². The zero-order valence-corrected chi connectivity index (χ0v) is 18.1. The largest absolute Gasteiger partial charge is 0.324 e. The molecule has 0 fully saturated rings. The van der Waals surface area contributed by atoms with Gasteiger partial charge < -0.3 is 5.32 Å². The number of amides is 1. The van der Waals surface area contributed by atoms with E-state index in [-0.39, 0.29) is 11.2 Å². The number of hydrogen-bond donors (Lipinski definition) is 1. The van der Waals surface area contributed by atoms with Gasteiger partial charge in [0.05, 0.1) is 22.0 Å². The Morgan fingerprint density at radius 1 is 1.17 bits per heavy atom. The lowest BCUT2D eigenvalue weighted by Gasteiger charge is -2.18. The van der Waals surface area contributed by atoms with Crippen LogP contribution < -0.4 is 5.32 Å². The number of aromatic nitrogens is 2. The molecule has 6 heteroatoms. The summed E-state index contributed by atoms with van der Waals surface area (Å²) in [6.45, 7) is 9.70. The molecule has 3 aromatic rings. The molecule has 1 unspecified atom stereocenters. The minimum Gasteiger partial charge on any atom is -0.324 e. The summed E-state index contributed by atoms with van der Waals surface area (Å²) in [4.78, 5) is 22.2. The molecule has 29 heavy (non-hydrogen) atoms. The number of rotatable bonds is 5. The molecule has 1 aromatic carbocycles. The molecule has 148 valence electrons. The zero-order chi connectivity index (χ0) is 21.1. The van der Waals surface area contributed by atoms with E-state index in [0.717, 1.165) is 39.1 Å². The number of benzene rings is 1. The fourth-order valence-corrected chi connectivity index (χ4v) is 4.32. The normalized spacial score (nSPS) is 11.9. The summed E-state index contributed by atoms with van der Waals surface area (Å²) < 4.78 is 0. The maximum atomic E-state index is 13.1.